The summed E-state index contributed by atoms with van der Waals surface area (Å²) >= 11 is 0. The van der Waals surface area contributed by atoms with E-state index in [2.05, 4.69) is 6.92 Å². The first-order valence-corrected chi connectivity index (χ1v) is 11.4. The van der Waals surface area contributed by atoms with Crippen molar-refractivity contribution in [1.82, 2.24) is 0 Å². The molecule has 4 heteroatoms. The van der Waals surface area contributed by atoms with Gasteiger partial charge in [0, 0.05) is 11.1 Å². The summed E-state index contributed by atoms with van der Waals surface area (Å²) in [4.78, 5) is 0. The van der Waals surface area contributed by atoms with Crippen LogP contribution in [0.5, 0.6) is 0 Å². The molecule has 2 aromatic rings. The summed E-state index contributed by atoms with van der Waals surface area (Å²) in [6, 6.07) is 7.75. The van der Waals surface area contributed by atoms with Gasteiger partial charge in [-0.25, -0.2) is 13.2 Å². The first-order valence-electron chi connectivity index (χ1n) is 11.4. The van der Waals surface area contributed by atoms with Crippen molar-refractivity contribution in [2.75, 3.05) is 6.61 Å². The Morgan fingerprint density at radius 2 is 1.73 bits per heavy atom. The minimum absolute atomic E-state index is 0.0859. The number of aryl methyl sites for hydroxylation is 1. The second kappa shape index (κ2) is 11.0. The molecule has 2 atom stereocenters. The molecule has 0 aliphatic carbocycles. The van der Waals surface area contributed by atoms with Crippen LogP contribution in [0.1, 0.15) is 82.4 Å². The Labute approximate surface area is 178 Å². The van der Waals surface area contributed by atoms with Gasteiger partial charge in [0.25, 0.3) is 0 Å². The number of rotatable bonds is 9. The molecule has 164 valence electrons. The van der Waals surface area contributed by atoms with Gasteiger partial charge in [0.15, 0.2) is 11.6 Å². The Hall–Kier alpha value is -1.81. The Balaban J connectivity index is 1.68. The third-order valence-electron chi connectivity index (χ3n) is 6.18. The largest absolute Gasteiger partial charge is 0.373 e. The lowest BCUT2D eigenvalue weighted by Gasteiger charge is -2.29. The lowest BCUT2D eigenvalue weighted by atomic mass is 9.90. The SMILES string of the molecule is CCCCCCC1CCC(c2ccc(-c3ccc(CCC)c(F)c3)c(F)c2F)OC1. The average Bonchev–Trinajstić information content (AvgIpc) is 2.75. The molecule has 1 fully saturated rings. The lowest BCUT2D eigenvalue weighted by molar-refractivity contribution is -0.0218. The van der Waals surface area contributed by atoms with Gasteiger partial charge >= 0.3 is 0 Å². The van der Waals surface area contributed by atoms with Crippen molar-refractivity contribution in [3.63, 3.8) is 0 Å². The van der Waals surface area contributed by atoms with E-state index in [0.29, 0.717) is 36.5 Å². The zero-order valence-electron chi connectivity index (χ0n) is 18.2. The van der Waals surface area contributed by atoms with Gasteiger partial charge in [0.05, 0.1) is 12.7 Å². The average molecular weight is 419 g/mol. The molecule has 0 radical (unpaired) electrons. The normalized spacial score (nSPS) is 19.2. The van der Waals surface area contributed by atoms with Crippen LogP contribution in [0.25, 0.3) is 11.1 Å². The Morgan fingerprint density at radius 3 is 2.40 bits per heavy atom. The van der Waals surface area contributed by atoms with Crippen LogP contribution >= 0.6 is 0 Å². The first kappa shape index (κ1) is 22.9. The zero-order valence-corrected chi connectivity index (χ0v) is 18.2. The standard InChI is InChI=1S/C26H33F3O/c1-3-5-6-7-9-18-10-15-24(30-17-18)22-14-13-21(25(28)26(22)29)20-12-11-19(8-4-2)23(27)16-20/h11-14,16,18,24H,3-10,15,17H2,1-2H3. The molecule has 0 amide bonds. The zero-order chi connectivity index (χ0) is 21.5. The monoisotopic (exact) mass is 418 g/mol. The molecule has 0 N–H and O–H groups in total. The third kappa shape index (κ3) is 5.46. The minimum Gasteiger partial charge on any atom is -0.373 e. The molecule has 0 bridgehead atoms. The maximum absolute atomic E-state index is 14.9. The van der Waals surface area contributed by atoms with Crippen LogP contribution in [-0.2, 0) is 11.2 Å². The second-order valence-corrected chi connectivity index (χ2v) is 8.50. The van der Waals surface area contributed by atoms with Crippen LogP contribution in [0, 0.1) is 23.4 Å². The molecule has 30 heavy (non-hydrogen) atoms. The molecular weight excluding hydrogens is 385 g/mol. The molecule has 0 spiro atoms. The van der Waals surface area contributed by atoms with Crippen LogP contribution < -0.4 is 0 Å². The molecule has 1 heterocycles. The fourth-order valence-electron chi connectivity index (χ4n) is 4.36. The Bertz CT molecular complexity index is 825. The predicted molar refractivity (Wildman–Crippen MR) is 116 cm³/mol. The Kier molecular flexibility index (Phi) is 8.38. The molecule has 1 nitrogen and oxygen atoms in total. The van der Waals surface area contributed by atoms with E-state index in [-0.39, 0.29) is 16.9 Å². The number of benzene rings is 2. The van der Waals surface area contributed by atoms with Crippen molar-refractivity contribution in [1.29, 1.82) is 0 Å². The molecule has 1 aliphatic rings. The van der Waals surface area contributed by atoms with E-state index in [1.165, 1.54) is 31.7 Å². The minimum atomic E-state index is -0.930. The molecule has 2 aromatic carbocycles. The predicted octanol–water partition coefficient (Wildman–Crippen LogP) is 8.16. The summed E-state index contributed by atoms with van der Waals surface area (Å²) < 4.78 is 49.9. The van der Waals surface area contributed by atoms with Gasteiger partial charge in [-0.05, 0) is 48.8 Å². The Morgan fingerprint density at radius 1 is 0.900 bits per heavy atom. The van der Waals surface area contributed by atoms with Crippen molar-refractivity contribution >= 4 is 0 Å². The van der Waals surface area contributed by atoms with Gasteiger partial charge in [-0.3, -0.25) is 0 Å². The van der Waals surface area contributed by atoms with Crippen molar-refractivity contribution in [2.24, 2.45) is 5.92 Å². The fraction of sp³-hybridized carbons (Fsp3) is 0.538. The van der Waals surface area contributed by atoms with Crippen LogP contribution in [-0.4, -0.2) is 6.61 Å². The molecule has 1 saturated heterocycles. The summed E-state index contributed by atoms with van der Waals surface area (Å²) in [6.45, 7) is 4.78. The molecule has 1 aliphatic heterocycles. The van der Waals surface area contributed by atoms with Gasteiger partial charge in [0.1, 0.15) is 5.82 Å². The van der Waals surface area contributed by atoms with E-state index in [0.717, 1.165) is 19.3 Å². The molecular formula is C26H33F3O. The quantitative estimate of drug-likeness (QED) is 0.373. The number of hydrogen-bond donors (Lipinski definition) is 0. The van der Waals surface area contributed by atoms with Crippen LogP contribution in [0.2, 0.25) is 0 Å². The lowest BCUT2D eigenvalue weighted by Crippen LogP contribution is -2.21. The van der Waals surface area contributed by atoms with Gasteiger partial charge in [-0.1, -0.05) is 70.2 Å². The topological polar surface area (TPSA) is 9.23 Å². The molecule has 0 saturated carbocycles. The third-order valence-corrected chi connectivity index (χ3v) is 6.18. The molecule has 0 aromatic heterocycles. The summed E-state index contributed by atoms with van der Waals surface area (Å²) in [5, 5.41) is 0. The van der Waals surface area contributed by atoms with Crippen molar-refractivity contribution in [3.8, 4) is 11.1 Å². The first-order chi connectivity index (χ1) is 14.5. The van der Waals surface area contributed by atoms with Crippen LogP contribution in [0.15, 0.2) is 30.3 Å². The van der Waals surface area contributed by atoms with E-state index < -0.39 is 17.7 Å². The number of hydrogen-bond acceptors (Lipinski definition) is 1. The van der Waals surface area contributed by atoms with E-state index in [9.17, 15) is 13.2 Å². The summed E-state index contributed by atoms with van der Waals surface area (Å²) in [6.07, 6.45) is 8.80. The molecule has 3 rings (SSSR count). The van der Waals surface area contributed by atoms with Gasteiger partial charge < -0.3 is 4.74 Å². The second-order valence-electron chi connectivity index (χ2n) is 8.50. The smallest absolute Gasteiger partial charge is 0.167 e. The van der Waals surface area contributed by atoms with E-state index in [1.807, 2.05) is 6.92 Å². The maximum Gasteiger partial charge on any atom is 0.167 e. The summed E-state index contributed by atoms with van der Waals surface area (Å²) in [7, 11) is 0. The van der Waals surface area contributed by atoms with Crippen LogP contribution in [0.3, 0.4) is 0 Å². The van der Waals surface area contributed by atoms with Gasteiger partial charge in [-0.2, -0.15) is 0 Å². The highest BCUT2D eigenvalue weighted by Crippen LogP contribution is 2.37. The van der Waals surface area contributed by atoms with E-state index in [1.54, 1.807) is 24.3 Å². The fourth-order valence-corrected chi connectivity index (χ4v) is 4.36. The molecule has 2 unspecified atom stereocenters. The van der Waals surface area contributed by atoms with Crippen LogP contribution in [0.4, 0.5) is 13.2 Å². The highest BCUT2D eigenvalue weighted by atomic mass is 19.2. The van der Waals surface area contributed by atoms with E-state index in [4.69, 9.17) is 4.74 Å². The van der Waals surface area contributed by atoms with Crippen molar-refractivity contribution < 1.29 is 17.9 Å². The number of unbranched alkanes of at least 4 members (excludes halogenated alkanes) is 3. The maximum atomic E-state index is 14.9. The van der Waals surface area contributed by atoms with Gasteiger partial charge in [0.2, 0.25) is 0 Å². The highest BCUT2D eigenvalue weighted by molar-refractivity contribution is 5.65. The van der Waals surface area contributed by atoms with E-state index >= 15 is 0 Å². The number of halogens is 3. The summed E-state index contributed by atoms with van der Waals surface area (Å²) in [5.74, 6) is -1.67. The summed E-state index contributed by atoms with van der Waals surface area (Å²) in [5.41, 5.74) is 1.30. The number of ether oxygens (including phenoxy) is 1. The van der Waals surface area contributed by atoms with Crippen molar-refractivity contribution in [2.45, 2.75) is 77.7 Å². The highest BCUT2D eigenvalue weighted by Gasteiger charge is 2.27. The van der Waals surface area contributed by atoms with Gasteiger partial charge in [-0.15, -0.1) is 0 Å². The van der Waals surface area contributed by atoms with Crippen molar-refractivity contribution in [3.05, 3.63) is 58.9 Å².